The third kappa shape index (κ3) is 3.25. The molecule has 1 atom stereocenters. The standard InChI is InChI=1S/C17H13ClN2O3S/c18-11-5-1-10(2-6-11)14-13(9-3-7-12(19)8-4-9)20-16(23-14)15(24)17(21)22/h1-8,15,24H,19H2,(H,21,22). The van der Waals surface area contributed by atoms with Gasteiger partial charge in [-0.25, -0.2) is 4.98 Å². The maximum absolute atomic E-state index is 11.2. The Hall–Kier alpha value is -2.44. The van der Waals surface area contributed by atoms with Crippen LogP contribution in [0.2, 0.25) is 5.02 Å². The number of aliphatic carboxylic acids is 1. The lowest BCUT2D eigenvalue weighted by molar-refractivity contribution is -0.136. The van der Waals surface area contributed by atoms with Crippen LogP contribution >= 0.6 is 24.2 Å². The average Bonchev–Trinajstić information content (AvgIpc) is 3.00. The van der Waals surface area contributed by atoms with E-state index in [1.54, 1.807) is 48.5 Å². The predicted octanol–water partition coefficient (Wildman–Crippen LogP) is 4.30. The Morgan fingerprint density at radius 3 is 2.29 bits per heavy atom. The van der Waals surface area contributed by atoms with E-state index in [9.17, 15) is 4.79 Å². The average molecular weight is 361 g/mol. The van der Waals surface area contributed by atoms with Crippen LogP contribution in [0.1, 0.15) is 11.1 Å². The Morgan fingerprint density at radius 2 is 1.71 bits per heavy atom. The number of aromatic nitrogens is 1. The molecule has 122 valence electrons. The summed E-state index contributed by atoms with van der Waals surface area (Å²) >= 11 is 9.96. The molecule has 3 aromatic rings. The summed E-state index contributed by atoms with van der Waals surface area (Å²) in [7, 11) is 0. The van der Waals surface area contributed by atoms with Gasteiger partial charge in [-0.05, 0) is 36.4 Å². The summed E-state index contributed by atoms with van der Waals surface area (Å²) in [6, 6.07) is 14.1. The van der Waals surface area contributed by atoms with Crippen molar-refractivity contribution in [2.45, 2.75) is 5.25 Å². The fourth-order valence-corrected chi connectivity index (χ4v) is 2.43. The molecule has 0 bridgehead atoms. The molecule has 0 radical (unpaired) electrons. The van der Waals surface area contributed by atoms with Crippen molar-refractivity contribution in [3.63, 3.8) is 0 Å². The number of carboxylic acids is 1. The van der Waals surface area contributed by atoms with Crippen LogP contribution in [0.4, 0.5) is 5.69 Å². The van der Waals surface area contributed by atoms with E-state index in [1.807, 2.05) is 0 Å². The quantitative estimate of drug-likeness (QED) is 0.476. The molecule has 0 spiro atoms. The lowest BCUT2D eigenvalue weighted by atomic mass is 10.1. The first-order chi connectivity index (χ1) is 11.5. The van der Waals surface area contributed by atoms with Crippen molar-refractivity contribution in [3.8, 4) is 22.6 Å². The smallest absolute Gasteiger partial charge is 0.325 e. The van der Waals surface area contributed by atoms with Crippen molar-refractivity contribution < 1.29 is 14.3 Å². The first-order valence-electron chi connectivity index (χ1n) is 6.99. The largest absolute Gasteiger partial charge is 0.480 e. The number of hydrogen-bond acceptors (Lipinski definition) is 5. The van der Waals surface area contributed by atoms with Gasteiger partial charge in [0, 0.05) is 21.8 Å². The Bertz CT molecular complexity index is 813. The van der Waals surface area contributed by atoms with Gasteiger partial charge in [0.2, 0.25) is 5.89 Å². The van der Waals surface area contributed by atoms with Crippen molar-refractivity contribution in [3.05, 3.63) is 59.4 Å². The van der Waals surface area contributed by atoms with Crippen LogP contribution in [0, 0.1) is 0 Å². The number of oxazole rings is 1. The van der Waals surface area contributed by atoms with Gasteiger partial charge in [0.05, 0.1) is 0 Å². The Morgan fingerprint density at radius 1 is 1.12 bits per heavy atom. The molecule has 0 fully saturated rings. The first kappa shape index (κ1) is 16.4. The maximum atomic E-state index is 11.2. The minimum absolute atomic E-state index is 0.0163. The van der Waals surface area contributed by atoms with Crippen LogP contribution in [0.3, 0.4) is 0 Å². The summed E-state index contributed by atoms with van der Waals surface area (Å²) in [4.78, 5) is 15.5. The Kier molecular flexibility index (Phi) is 4.51. The monoisotopic (exact) mass is 360 g/mol. The zero-order chi connectivity index (χ0) is 17.3. The van der Waals surface area contributed by atoms with E-state index < -0.39 is 11.2 Å². The predicted molar refractivity (Wildman–Crippen MR) is 96.2 cm³/mol. The third-order valence-corrected chi connectivity index (χ3v) is 4.10. The number of carboxylic acid groups (broad SMARTS) is 1. The van der Waals surface area contributed by atoms with Crippen molar-refractivity contribution in [1.29, 1.82) is 0 Å². The SMILES string of the molecule is Nc1ccc(-c2nc(C(S)C(=O)O)oc2-c2ccc(Cl)cc2)cc1. The Labute approximate surface area is 148 Å². The van der Waals surface area contributed by atoms with Crippen LogP contribution in [0.25, 0.3) is 22.6 Å². The molecule has 7 heteroatoms. The van der Waals surface area contributed by atoms with Gasteiger partial charge in [-0.15, -0.1) is 0 Å². The van der Waals surface area contributed by atoms with Gasteiger partial charge in [-0.2, -0.15) is 12.6 Å². The zero-order valence-electron chi connectivity index (χ0n) is 12.3. The number of nitrogens with two attached hydrogens (primary N) is 1. The number of rotatable bonds is 4. The summed E-state index contributed by atoms with van der Waals surface area (Å²) in [5.41, 5.74) is 8.35. The molecule has 0 saturated carbocycles. The van der Waals surface area contributed by atoms with E-state index in [1.165, 1.54) is 0 Å². The van der Waals surface area contributed by atoms with E-state index in [0.717, 1.165) is 11.1 Å². The van der Waals surface area contributed by atoms with E-state index in [4.69, 9.17) is 26.9 Å². The second-order valence-electron chi connectivity index (χ2n) is 5.10. The van der Waals surface area contributed by atoms with Crippen LogP contribution in [-0.4, -0.2) is 16.1 Å². The van der Waals surface area contributed by atoms with E-state index >= 15 is 0 Å². The molecular weight excluding hydrogens is 348 g/mol. The van der Waals surface area contributed by atoms with Crippen molar-refractivity contribution in [2.75, 3.05) is 5.73 Å². The number of benzene rings is 2. The summed E-state index contributed by atoms with van der Waals surface area (Å²) in [5, 5.41) is 8.57. The normalized spacial score (nSPS) is 12.1. The molecule has 3 rings (SSSR count). The van der Waals surface area contributed by atoms with Gasteiger partial charge in [0.15, 0.2) is 11.0 Å². The molecule has 0 aliphatic heterocycles. The number of thiol groups is 1. The molecule has 24 heavy (non-hydrogen) atoms. The van der Waals surface area contributed by atoms with Gasteiger partial charge in [-0.3, -0.25) is 4.79 Å². The second-order valence-corrected chi connectivity index (χ2v) is 6.05. The summed E-state index contributed by atoms with van der Waals surface area (Å²) in [5.74, 6) is -0.666. The molecule has 1 heterocycles. The maximum Gasteiger partial charge on any atom is 0.325 e. The number of carbonyl (C=O) groups is 1. The van der Waals surface area contributed by atoms with Gasteiger partial charge >= 0.3 is 5.97 Å². The minimum Gasteiger partial charge on any atom is -0.480 e. The molecule has 1 aromatic heterocycles. The van der Waals surface area contributed by atoms with Crippen LogP contribution in [-0.2, 0) is 4.79 Å². The van der Waals surface area contributed by atoms with Gasteiger partial charge in [0.1, 0.15) is 5.69 Å². The van der Waals surface area contributed by atoms with E-state index in [2.05, 4.69) is 17.6 Å². The number of nitrogens with zero attached hydrogens (tertiary/aromatic N) is 1. The lowest BCUT2D eigenvalue weighted by Gasteiger charge is -2.02. The van der Waals surface area contributed by atoms with Gasteiger partial charge in [0.25, 0.3) is 0 Å². The van der Waals surface area contributed by atoms with Gasteiger partial charge < -0.3 is 15.3 Å². The highest BCUT2D eigenvalue weighted by Crippen LogP contribution is 2.36. The van der Waals surface area contributed by atoms with Crippen molar-refractivity contribution in [1.82, 2.24) is 4.98 Å². The third-order valence-electron chi connectivity index (χ3n) is 3.40. The van der Waals surface area contributed by atoms with Crippen molar-refractivity contribution >= 4 is 35.9 Å². The number of halogens is 1. The number of anilines is 1. The molecule has 0 aliphatic carbocycles. The van der Waals surface area contributed by atoms with Crippen LogP contribution in [0.5, 0.6) is 0 Å². The molecule has 3 N–H and O–H groups in total. The highest BCUT2D eigenvalue weighted by molar-refractivity contribution is 7.81. The fraction of sp³-hybridized carbons (Fsp3) is 0.0588. The topological polar surface area (TPSA) is 89.3 Å². The van der Waals surface area contributed by atoms with Crippen LogP contribution < -0.4 is 5.73 Å². The summed E-state index contributed by atoms with van der Waals surface area (Å²) < 4.78 is 5.71. The second kappa shape index (κ2) is 6.59. The Balaban J connectivity index is 2.16. The fourth-order valence-electron chi connectivity index (χ4n) is 2.19. The molecule has 0 saturated heterocycles. The molecular formula is C17H13ClN2O3S. The number of hydrogen-bond donors (Lipinski definition) is 3. The van der Waals surface area contributed by atoms with Crippen molar-refractivity contribution in [2.24, 2.45) is 0 Å². The van der Waals surface area contributed by atoms with Gasteiger partial charge in [-0.1, -0.05) is 23.7 Å². The number of nitrogen functional groups attached to an aromatic ring is 1. The highest BCUT2D eigenvalue weighted by Gasteiger charge is 2.25. The minimum atomic E-state index is -1.15. The first-order valence-corrected chi connectivity index (χ1v) is 7.88. The molecule has 5 nitrogen and oxygen atoms in total. The zero-order valence-corrected chi connectivity index (χ0v) is 14.0. The molecule has 1 unspecified atom stereocenters. The lowest BCUT2D eigenvalue weighted by Crippen LogP contribution is -2.05. The van der Waals surface area contributed by atoms with E-state index in [0.29, 0.717) is 22.2 Å². The molecule has 0 aliphatic rings. The van der Waals surface area contributed by atoms with E-state index in [-0.39, 0.29) is 5.89 Å². The highest BCUT2D eigenvalue weighted by atomic mass is 35.5. The summed E-state index contributed by atoms with van der Waals surface area (Å²) in [6.45, 7) is 0. The summed E-state index contributed by atoms with van der Waals surface area (Å²) in [6.07, 6.45) is 0. The molecule has 0 amide bonds. The molecule has 2 aromatic carbocycles. The van der Waals surface area contributed by atoms with Crippen LogP contribution in [0.15, 0.2) is 52.9 Å².